The Morgan fingerprint density at radius 3 is 2.42 bits per heavy atom. The summed E-state index contributed by atoms with van der Waals surface area (Å²) in [6, 6.07) is 20.3. The molecule has 1 aromatic heterocycles. The largest absolute Gasteiger partial charge is 0.467 e. The zero-order valence-corrected chi connectivity index (χ0v) is 13.7. The summed E-state index contributed by atoms with van der Waals surface area (Å²) >= 11 is 6.23. The van der Waals surface area contributed by atoms with Crippen LogP contribution >= 0.6 is 11.6 Å². The number of para-hydroxylation sites is 1. The Balaban J connectivity index is 1.78. The van der Waals surface area contributed by atoms with Crippen LogP contribution < -0.4 is 5.32 Å². The van der Waals surface area contributed by atoms with Gasteiger partial charge in [-0.25, -0.2) is 4.79 Å². The third-order valence-electron chi connectivity index (χ3n) is 3.56. The van der Waals surface area contributed by atoms with E-state index in [1.165, 1.54) is 0 Å². The summed E-state index contributed by atoms with van der Waals surface area (Å²) < 4.78 is 5.38. The van der Waals surface area contributed by atoms with Gasteiger partial charge in [0.2, 0.25) is 0 Å². The van der Waals surface area contributed by atoms with Crippen molar-refractivity contribution in [1.29, 1.82) is 0 Å². The van der Waals surface area contributed by atoms with E-state index in [0.29, 0.717) is 23.9 Å². The van der Waals surface area contributed by atoms with Crippen molar-refractivity contribution < 1.29 is 9.21 Å². The van der Waals surface area contributed by atoms with Crippen LogP contribution in [0.3, 0.4) is 0 Å². The first-order valence-corrected chi connectivity index (χ1v) is 7.97. The second-order valence-corrected chi connectivity index (χ2v) is 5.73. The number of carbonyl (C=O) groups is 1. The van der Waals surface area contributed by atoms with Crippen LogP contribution in [-0.2, 0) is 13.1 Å². The number of hydrogen-bond donors (Lipinski definition) is 1. The zero-order valence-electron chi connectivity index (χ0n) is 13.0. The van der Waals surface area contributed by atoms with Crippen molar-refractivity contribution >= 4 is 23.3 Å². The van der Waals surface area contributed by atoms with Crippen molar-refractivity contribution in [3.8, 4) is 0 Å². The average molecular weight is 341 g/mol. The lowest BCUT2D eigenvalue weighted by atomic mass is 10.2. The van der Waals surface area contributed by atoms with E-state index in [1.54, 1.807) is 17.2 Å². The molecular formula is C19H17ClN2O2. The fourth-order valence-electron chi connectivity index (χ4n) is 2.35. The average Bonchev–Trinajstić information content (AvgIpc) is 3.10. The number of carbonyl (C=O) groups excluding carboxylic acids is 1. The summed E-state index contributed by atoms with van der Waals surface area (Å²) in [5.74, 6) is 0.713. The molecule has 2 aromatic carbocycles. The molecule has 0 saturated heterocycles. The van der Waals surface area contributed by atoms with Gasteiger partial charge in [-0.1, -0.05) is 48.0 Å². The minimum atomic E-state index is -0.211. The Kier molecular flexibility index (Phi) is 5.18. The molecule has 0 aliphatic rings. The third-order valence-corrected chi connectivity index (χ3v) is 3.93. The molecule has 3 aromatic rings. The van der Waals surface area contributed by atoms with E-state index in [9.17, 15) is 4.79 Å². The number of nitrogens with zero attached hydrogens (tertiary/aromatic N) is 1. The second kappa shape index (κ2) is 7.70. The smallest absolute Gasteiger partial charge is 0.322 e. The van der Waals surface area contributed by atoms with Gasteiger partial charge in [-0.2, -0.15) is 0 Å². The van der Waals surface area contributed by atoms with Gasteiger partial charge in [-0.05, 0) is 35.9 Å². The van der Waals surface area contributed by atoms with Crippen molar-refractivity contribution in [2.24, 2.45) is 0 Å². The SMILES string of the molecule is O=C(Nc1ccccc1)N(Cc1ccco1)Cc1ccccc1Cl. The Morgan fingerprint density at radius 2 is 1.71 bits per heavy atom. The molecule has 0 unspecified atom stereocenters. The molecule has 24 heavy (non-hydrogen) atoms. The summed E-state index contributed by atoms with van der Waals surface area (Å²) in [6.45, 7) is 0.746. The van der Waals surface area contributed by atoms with E-state index < -0.39 is 0 Å². The number of rotatable bonds is 5. The molecule has 0 bridgehead atoms. The molecule has 5 heteroatoms. The minimum absolute atomic E-state index is 0.211. The molecule has 0 aliphatic carbocycles. The fourth-order valence-corrected chi connectivity index (χ4v) is 2.54. The summed E-state index contributed by atoms with van der Waals surface area (Å²) in [4.78, 5) is 14.3. The molecule has 0 spiro atoms. The molecule has 0 aliphatic heterocycles. The van der Waals surface area contributed by atoms with E-state index >= 15 is 0 Å². The third kappa shape index (κ3) is 4.18. The van der Waals surface area contributed by atoms with Crippen molar-refractivity contribution in [3.63, 3.8) is 0 Å². The first kappa shape index (κ1) is 16.1. The van der Waals surface area contributed by atoms with Gasteiger partial charge in [0, 0.05) is 17.3 Å². The van der Waals surface area contributed by atoms with Crippen LogP contribution in [0, 0.1) is 0 Å². The van der Waals surface area contributed by atoms with Crippen molar-refractivity contribution in [2.45, 2.75) is 13.1 Å². The first-order valence-electron chi connectivity index (χ1n) is 7.59. The molecular weight excluding hydrogens is 324 g/mol. The number of anilines is 1. The molecule has 0 atom stereocenters. The number of hydrogen-bond acceptors (Lipinski definition) is 2. The lowest BCUT2D eigenvalue weighted by molar-refractivity contribution is 0.201. The molecule has 1 heterocycles. The van der Waals surface area contributed by atoms with Gasteiger partial charge in [-0.3, -0.25) is 0 Å². The van der Waals surface area contributed by atoms with E-state index in [4.69, 9.17) is 16.0 Å². The first-order chi connectivity index (χ1) is 11.7. The Morgan fingerprint density at radius 1 is 0.958 bits per heavy atom. The quantitative estimate of drug-likeness (QED) is 0.696. The van der Waals surface area contributed by atoms with E-state index in [1.807, 2.05) is 60.7 Å². The van der Waals surface area contributed by atoms with Gasteiger partial charge >= 0.3 is 6.03 Å². The molecule has 0 radical (unpaired) electrons. The number of nitrogens with one attached hydrogen (secondary N) is 1. The van der Waals surface area contributed by atoms with Crippen molar-refractivity contribution in [2.75, 3.05) is 5.32 Å². The summed E-state index contributed by atoms with van der Waals surface area (Å²) in [7, 11) is 0. The molecule has 1 N–H and O–H groups in total. The van der Waals surface area contributed by atoms with Crippen LogP contribution in [0.25, 0.3) is 0 Å². The van der Waals surface area contributed by atoms with Crippen LogP contribution in [0.2, 0.25) is 5.02 Å². The second-order valence-electron chi connectivity index (χ2n) is 5.32. The monoisotopic (exact) mass is 340 g/mol. The summed E-state index contributed by atoms with van der Waals surface area (Å²) in [6.07, 6.45) is 1.60. The Hall–Kier alpha value is -2.72. The van der Waals surface area contributed by atoms with Gasteiger partial charge in [0.1, 0.15) is 5.76 Å². The predicted molar refractivity (Wildman–Crippen MR) is 94.9 cm³/mol. The van der Waals surface area contributed by atoms with Crippen molar-refractivity contribution in [1.82, 2.24) is 4.90 Å². The van der Waals surface area contributed by atoms with Crippen LogP contribution in [-0.4, -0.2) is 10.9 Å². The highest BCUT2D eigenvalue weighted by Crippen LogP contribution is 2.19. The maximum Gasteiger partial charge on any atom is 0.322 e. The summed E-state index contributed by atoms with van der Waals surface area (Å²) in [5.41, 5.74) is 1.63. The molecule has 0 fully saturated rings. The lowest BCUT2D eigenvalue weighted by Crippen LogP contribution is -2.34. The van der Waals surface area contributed by atoms with Gasteiger partial charge in [0.15, 0.2) is 0 Å². The predicted octanol–water partition coefficient (Wildman–Crippen LogP) is 5.17. The van der Waals surface area contributed by atoms with Gasteiger partial charge in [0.05, 0.1) is 12.8 Å². The minimum Gasteiger partial charge on any atom is -0.467 e. The molecule has 122 valence electrons. The molecule has 2 amide bonds. The Labute approximate surface area is 145 Å². The maximum atomic E-state index is 12.7. The Bertz CT molecular complexity index is 788. The number of urea groups is 1. The molecule has 3 rings (SSSR count). The topological polar surface area (TPSA) is 45.5 Å². The van der Waals surface area contributed by atoms with E-state index in [-0.39, 0.29) is 6.03 Å². The van der Waals surface area contributed by atoms with E-state index in [2.05, 4.69) is 5.32 Å². The zero-order chi connectivity index (χ0) is 16.8. The highest BCUT2D eigenvalue weighted by atomic mass is 35.5. The fraction of sp³-hybridized carbons (Fsp3) is 0.105. The molecule has 4 nitrogen and oxygen atoms in total. The van der Waals surface area contributed by atoms with Crippen LogP contribution in [0.5, 0.6) is 0 Å². The lowest BCUT2D eigenvalue weighted by Gasteiger charge is -2.23. The number of furan rings is 1. The number of benzene rings is 2. The van der Waals surface area contributed by atoms with Gasteiger partial charge in [-0.15, -0.1) is 0 Å². The van der Waals surface area contributed by atoms with Crippen molar-refractivity contribution in [3.05, 3.63) is 89.3 Å². The van der Waals surface area contributed by atoms with Crippen LogP contribution in [0.15, 0.2) is 77.4 Å². The number of amides is 2. The maximum absolute atomic E-state index is 12.7. The highest BCUT2D eigenvalue weighted by Gasteiger charge is 2.17. The van der Waals surface area contributed by atoms with Crippen LogP contribution in [0.1, 0.15) is 11.3 Å². The highest BCUT2D eigenvalue weighted by molar-refractivity contribution is 6.31. The summed E-state index contributed by atoms with van der Waals surface area (Å²) in [5, 5.41) is 3.53. The van der Waals surface area contributed by atoms with Crippen LogP contribution in [0.4, 0.5) is 10.5 Å². The van der Waals surface area contributed by atoms with E-state index in [0.717, 1.165) is 11.3 Å². The standard InChI is InChI=1S/C19H17ClN2O2/c20-18-11-5-4-7-15(18)13-22(14-17-10-6-12-24-17)19(23)21-16-8-2-1-3-9-16/h1-12H,13-14H2,(H,21,23). The van der Waals surface area contributed by atoms with Gasteiger partial charge in [0.25, 0.3) is 0 Å². The van der Waals surface area contributed by atoms with Gasteiger partial charge < -0.3 is 14.6 Å². The normalized spacial score (nSPS) is 10.4. The number of halogens is 1. The molecule has 0 saturated carbocycles.